The predicted octanol–water partition coefficient (Wildman–Crippen LogP) is 3.68. The van der Waals surface area contributed by atoms with Gasteiger partial charge in [-0.25, -0.2) is 18.4 Å². The monoisotopic (exact) mass is 469 g/mol. The fraction of sp³-hybridized carbons (Fsp3) is 0.400. The van der Waals surface area contributed by atoms with Crippen LogP contribution in [0.4, 0.5) is 8.78 Å². The highest BCUT2D eigenvalue weighted by molar-refractivity contribution is 5.84. The van der Waals surface area contributed by atoms with E-state index in [1.54, 1.807) is 0 Å². The van der Waals surface area contributed by atoms with Gasteiger partial charge in [0.05, 0.1) is 12.3 Å². The molecule has 1 aromatic heterocycles. The zero-order valence-electron chi connectivity index (χ0n) is 19.2. The highest BCUT2D eigenvalue weighted by Gasteiger charge is 2.36. The van der Waals surface area contributed by atoms with Gasteiger partial charge in [-0.3, -0.25) is 4.90 Å². The smallest absolute Gasteiger partial charge is 0.142 e. The molecule has 0 bridgehead atoms. The van der Waals surface area contributed by atoms with E-state index in [2.05, 4.69) is 34.3 Å². The molecule has 1 N–H and O–H groups in total. The van der Waals surface area contributed by atoms with Crippen LogP contribution in [-0.2, 0) is 30.0 Å². The molecule has 0 aliphatic carbocycles. The number of hydrogen-bond acceptors (Lipinski definition) is 6. The molecule has 7 nitrogen and oxygen atoms in total. The molecule has 4 rings (SSSR count). The first kappa shape index (κ1) is 24.0. The number of benzene rings is 2. The molecule has 2 aromatic carbocycles. The summed E-state index contributed by atoms with van der Waals surface area (Å²) in [7, 11) is 0. The number of β-amino-alcohol motifs (C(OH)–C–C–N with tert-alkyl or cyclic N) is 1. The highest BCUT2D eigenvalue weighted by atomic mass is 19.1. The minimum Gasteiger partial charge on any atom is -0.391 e. The summed E-state index contributed by atoms with van der Waals surface area (Å²) in [5.74, 6) is -1.48. The van der Waals surface area contributed by atoms with Crippen LogP contribution >= 0.6 is 0 Å². The van der Waals surface area contributed by atoms with Crippen molar-refractivity contribution < 1.29 is 18.7 Å². The predicted molar refractivity (Wildman–Crippen MR) is 124 cm³/mol. The fourth-order valence-electron chi connectivity index (χ4n) is 4.17. The summed E-state index contributed by atoms with van der Waals surface area (Å²) >= 11 is 0. The Kier molecular flexibility index (Phi) is 7.64. The Balaban J connectivity index is 1.37. The molecule has 0 spiro atoms. The molecule has 0 radical (unpaired) electrons. The lowest BCUT2D eigenvalue weighted by molar-refractivity contribution is -0.0220. The van der Waals surface area contributed by atoms with Crippen molar-refractivity contribution in [2.45, 2.75) is 44.9 Å². The van der Waals surface area contributed by atoms with Gasteiger partial charge >= 0.3 is 0 Å². The van der Waals surface area contributed by atoms with E-state index in [9.17, 15) is 13.9 Å². The molecule has 0 amide bonds. The third kappa shape index (κ3) is 6.03. The van der Waals surface area contributed by atoms with Crippen LogP contribution in [0.1, 0.15) is 36.5 Å². The second-order valence-corrected chi connectivity index (χ2v) is 8.63. The summed E-state index contributed by atoms with van der Waals surface area (Å²) < 4.78 is 29.5. The van der Waals surface area contributed by atoms with Gasteiger partial charge in [0.25, 0.3) is 0 Å². The lowest BCUT2D eigenvalue weighted by Gasteiger charge is -2.36. The van der Waals surface area contributed by atoms with E-state index in [-0.39, 0.29) is 18.7 Å². The van der Waals surface area contributed by atoms with Gasteiger partial charge in [0.1, 0.15) is 36.5 Å². The maximum atomic E-state index is 14.6. The van der Waals surface area contributed by atoms with Crippen molar-refractivity contribution in [3.63, 3.8) is 0 Å². The summed E-state index contributed by atoms with van der Waals surface area (Å²) in [5.41, 5.74) is 1.72. The van der Waals surface area contributed by atoms with Crippen LogP contribution in [0.25, 0.3) is 0 Å². The number of nitrogens with zero attached hydrogens (tertiary/aromatic N) is 5. The minimum atomic E-state index is -1.61. The first-order valence-corrected chi connectivity index (χ1v) is 11.4. The first-order chi connectivity index (χ1) is 16.4. The van der Waals surface area contributed by atoms with Crippen LogP contribution in [0.5, 0.6) is 0 Å². The molecule has 180 valence electrons. The molecule has 1 aliphatic heterocycles. The summed E-state index contributed by atoms with van der Waals surface area (Å²) in [6.45, 7) is 3.96. The van der Waals surface area contributed by atoms with E-state index in [1.165, 1.54) is 29.0 Å². The van der Waals surface area contributed by atoms with Gasteiger partial charge < -0.3 is 9.94 Å². The third-order valence-electron chi connectivity index (χ3n) is 6.10. The van der Waals surface area contributed by atoms with Crippen molar-refractivity contribution in [3.05, 3.63) is 83.4 Å². The van der Waals surface area contributed by atoms with Crippen LogP contribution < -0.4 is 0 Å². The fourth-order valence-corrected chi connectivity index (χ4v) is 4.17. The van der Waals surface area contributed by atoms with Crippen LogP contribution in [-0.4, -0.2) is 50.1 Å². The molecule has 34 heavy (non-hydrogen) atoms. The number of piperidine rings is 1. The molecule has 9 heteroatoms. The largest absolute Gasteiger partial charge is 0.391 e. The average Bonchev–Trinajstić information content (AvgIpc) is 3.33. The van der Waals surface area contributed by atoms with E-state index in [4.69, 9.17) is 4.84 Å². The summed E-state index contributed by atoms with van der Waals surface area (Å²) in [5, 5.41) is 19.8. The quantitative estimate of drug-likeness (QED) is 0.484. The van der Waals surface area contributed by atoms with Gasteiger partial charge in [0.15, 0.2) is 0 Å². The van der Waals surface area contributed by atoms with E-state index >= 15 is 0 Å². The average molecular weight is 470 g/mol. The maximum Gasteiger partial charge on any atom is 0.142 e. The molecule has 1 aliphatic rings. The van der Waals surface area contributed by atoms with E-state index in [0.29, 0.717) is 32.5 Å². The topological polar surface area (TPSA) is 75.8 Å². The zero-order valence-corrected chi connectivity index (χ0v) is 19.2. The summed E-state index contributed by atoms with van der Waals surface area (Å²) in [6, 6.07) is 11.5. The SMILES string of the molecule is CCc1ccc(CON=C2CCN(CC(O)(Cn3cncn3)c3ccc(F)cc3F)CC2)cc1. The van der Waals surface area contributed by atoms with Crippen molar-refractivity contribution in [1.29, 1.82) is 0 Å². The molecule has 2 heterocycles. The Bertz CT molecular complexity index is 1100. The van der Waals surface area contributed by atoms with Crippen molar-refractivity contribution in [1.82, 2.24) is 19.7 Å². The Morgan fingerprint density at radius 3 is 2.44 bits per heavy atom. The number of oxime groups is 1. The van der Waals surface area contributed by atoms with Crippen molar-refractivity contribution >= 4 is 5.71 Å². The second-order valence-electron chi connectivity index (χ2n) is 8.63. The normalized spacial score (nSPS) is 16.3. The van der Waals surface area contributed by atoms with Gasteiger partial charge in [-0.05, 0) is 23.6 Å². The number of likely N-dealkylation sites (tertiary alicyclic amines) is 1. The van der Waals surface area contributed by atoms with Gasteiger partial charge in [-0.15, -0.1) is 0 Å². The molecule has 1 unspecified atom stereocenters. The number of aromatic nitrogens is 3. The van der Waals surface area contributed by atoms with Gasteiger partial charge in [-0.1, -0.05) is 42.4 Å². The first-order valence-electron chi connectivity index (χ1n) is 11.4. The second kappa shape index (κ2) is 10.8. The molecule has 3 aromatic rings. The van der Waals surface area contributed by atoms with Gasteiger partial charge in [-0.2, -0.15) is 5.10 Å². The van der Waals surface area contributed by atoms with Crippen LogP contribution in [0.2, 0.25) is 0 Å². The lowest BCUT2D eigenvalue weighted by atomic mass is 9.91. The highest BCUT2D eigenvalue weighted by Crippen LogP contribution is 2.28. The number of halogens is 2. The van der Waals surface area contributed by atoms with Gasteiger partial charge in [0, 0.05) is 44.1 Å². The third-order valence-corrected chi connectivity index (χ3v) is 6.10. The molecule has 0 saturated carbocycles. The van der Waals surface area contributed by atoms with Crippen LogP contribution in [0.15, 0.2) is 60.3 Å². The summed E-state index contributed by atoms with van der Waals surface area (Å²) in [6.07, 6.45) is 5.17. The molecular formula is C25H29F2N5O2. The molecule has 1 saturated heterocycles. The standard InChI is InChI=1S/C25H29F2N5O2/c1-2-19-3-5-20(6-4-19)14-34-30-22-9-11-31(12-10-22)15-25(33,16-32-18-28-17-29-32)23-8-7-21(26)13-24(23)27/h3-8,13,17-18,33H,2,9-12,14-16H2,1H3. The number of aliphatic hydroxyl groups is 1. The van der Waals surface area contributed by atoms with E-state index in [1.807, 2.05) is 17.0 Å². The summed E-state index contributed by atoms with van der Waals surface area (Å²) in [4.78, 5) is 11.5. The van der Waals surface area contributed by atoms with Crippen molar-refractivity contribution in [3.8, 4) is 0 Å². The Morgan fingerprint density at radius 1 is 1.06 bits per heavy atom. The van der Waals surface area contributed by atoms with Gasteiger partial charge in [0.2, 0.25) is 0 Å². The molecule has 1 fully saturated rings. The van der Waals surface area contributed by atoms with Crippen LogP contribution in [0.3, 0.4) is 0 Å². The van der Waals surface area contributed by atoms with Crippen molar-refractivity contribution in [2.75, 3.05) is 19.6 Å². The molecular weight excluding hydrogens is 440 g/mol. The Morgan fingerprint density at radius 2 is 1.79 bits per heavy atom. The Labute approximate surface area is 197 Å². The Hall–Kier alpha value is -3.17. The maximum absolute atomic E-state index is 14.6. The zero-order chi connectivity index (χ0) is 24.0. The van der Waals surface area contributed by atoms with Crippen LogP contribution in [0, 0.1) is 11.6 Å². The van der Waals surface area contributed by atoms with E-state index < -0.39 is 17.2 Å². The number of hydrogen-bond donors (Lipinski definition) is 1. The minimum absolute atomic E-state index is 0.00701. The molecule has 1 atom stereocenters. The number of rotatable bonds is 9. The van der Waals surface area contributed by atoms with Crippen molar-refractivity contribution in [2.24, 2.45) is 5.16 Å². The van der Waals surface area contributed by atoms with E-state index in [0.717, 1.165) is 29.8 Å². The lowest BCUT2D eigenvalue weighted by Crippen LogP contribution is -2.47. The number of aryl methyl sites for hydroxylation is 1.